The van der Waals surface area contributed by atoms with Crippen molar-refractivity contribution in [1.82, 2.24) is 0 Å². The largest absolute Gasteiger partial charge is 0.0949 e. The first-order valence-corrected chi connectivity index (χ1v) is 9.24. The van der Waals surface area contributed by atoms with Crippen molar-refractivity contribution < 1.29 is 0 Å². The Morgan fingerprint density at radius 1 is 0.895 bits per heavy atom. The molecule has 0 nitrogen and oxygen atoms in total. The van der Waals surface area contributed by atoms with E-state index in [1.54, 1.807) is 10.9 Å². The summed E-state index contributed by atoms with van der Waals surface area (Å²) in [4.78, 5) is 0. The van der Waals surface area contributed by atoms with Crippen LogP contribution in [0.25, 0.3) is 0 Å². The van der Waals surface area contributed by atoms with Crippen LogP contribution in [-0.2, 0) is 6.16 Å². The van der Waals surface area contributed by atoms with Crippen molar-refractivity contribution in [2.45, 2.75) is 13.1 Å². The summed E-state index contributed by atoms with van der Waals surface area (Å²) in [6, 6.07) is 22.2. The van der Waals surface area contributed by atoms with Gasteiger partial charge in [0.15, 0.2) is 0 Å². The van der Waals surface area contributed by atoms with Crippen LogP contribution in [0, 0.1) is 0 Å². The Kier molecular flexibility index (Phi) is 3.53. The molecular weight excluding hydrogens is 247 g/mol. The van der Waals surface area contributed by atoms with Crippen molar-refractivity contribution in [2.24, 2.45) is 0 Å². The fourth-order valence-corrected chi connectivity index (χ4v) is 7.43. The lowest BCUT2D eigenvalue weighted by atomic mass is 10.2. The number of benzene rings is 2. The number of hydrogen-bond donors (Lipinski definition) is 0. The lowest BCUT2D eigenvalue weighted by Crippen LogP contribution is -2.16. The first-order chi connectivity index (χ1) is 9.28. The molecule has 0 saturated carbocycles. The molecule has 0 amide bonds. The van der Waals surface area contributed by atoms with Gasteiger partial charge in [0.2, 0.25) is 0 Å². The minimum Gasteiger partial charge on any atom is -0.0622 e. The van der Waals surface area contributed by atoms with E-state index in [0.717, 1.165) is 0 Å². The van der Waals surface area contributed by atoms with Gasteiger partial charge in [-0.1, -0.05) is 48.5 Å². The second-order valence-electron chi connectivity index (χ2n) is 5.52. The van der Waals surface area contributed by atoms with Gasteiger partial charge in [-0.3, -0.25) is 0 Å². The molecule has 2 aromatic carbocycles. The molecule has 0 spiro atoms. The van der Waals surface area contributed by atoms with Crippen LogP contribution in [-0.4, -0.2) is 12.3 Å². The van der Waals surface area contributed by atoms with E-state index in [1.165, 1.54) is 24.0 Å². The van der Waals surface area contributed by atoms with E-state index in [1.807, 2.05) is 0 Å². The molecule has 1 heterocycles. The Balaban J connectivity index is 1.95. The summed E-state index contributed by atoms with van der Waals surface area (Å²) in [5.41, 5.74) is 3.07. The molecule has 0 bridgehead atoms. The van der Waals surface area contributed by atoms with Crippen molar-refractivity contribution in [3.05, 3.63) is 77.9 Å². The zero-order chi connectivity index (χ0) is 13.1. The maximum absolute atomic E-state index is 2.46. The standard InChI is InChI=1S/C18H20P/c1-16-12-13-19(14-16,18-10-6-3-7-11-18)15-17-8-4-2-5-9-17/h2-12H,13-15H2,1H3/q+1. The van der Waals surface area contributed by atoms with Crippen LogP contribution in [0.2, 0.25) is 0 Å². The monoisotopic (exact) mass is 267 g/mol. The molecule has 1 heteroatoms. The molecule has 0 saturated heterocycles. The quantitative estimate of drug-likeness (QED) is 0.568. The molecule has 0 fully saturated rings. The van der Waals surface area contributed by atoms with Gasteiger partial charge in [-0.2, -0.15) is 0 Å². The Labute approximate surface area is 116 Å². The number of allylic oxidation sites excluding steroid dienone is 2. The highest BCUT2D eigenvalue weighted by Gasteiger charge is 2.42. The van der Waals surface area contributed by atoms with Crippen LogP contribution in [0.3, 0.4) is 0 Å². The highest BCUT2D eigenvalue weighted by atomic mass is 31.2. The molecule has 1 aliphatic heterocycles. The fourth-order valence-electron chi connectivity index (χ4n) is 3.02. The summed E-state index contributed by atoms with van der Waals surface area (Å²) in [5, 5.41) is 1.59. The predicted molar refractivity (Wildman–Crippen MR) is 86.6 cm³/mol. The summed E-state index contributed by atoms with van der Waals surface area (Å²) in [6.45, 7) is 2.29. The fraction of sp³-hybridized carbons (Fsp3) is 0.222. The Hall–Kier alpha value is -1.39. The van der Waals surface area contributed by atoms with Crippen LogP contribution in [0.1, 0.15) is 12.5 Å². The van der Waals surface area contributed by atoms with Crippen LogP contribution < -0.4 is 5.30 Å². The Bertz CT molecular complexity index is 571. The zero-order valence-corrected chi connectivity index (χ0v) is 12.3. The molecular formula is C18H20P+. The minimum absolute atomic E-state index is 1.07. The number of rotatable bonds is 3. The SMILES string of the molecule is CC1=CC[P+](Cc2ccccc2)(c2ccccc2)C1. The first-order valence-electron chi connectivity index (χ1n) is 6.90. The predicted octanol–water partition coefficient (Wildman–Crippen LogP) is 4.49. The molecule has 1 unspecified atom stereocenters. The highest BCUT2D eigenvalue weighted by molar-refractivity contribution is 7.82. The van der Waals surface area contributed by atoms with Gasteiger partial charge in [-0.25, -0.2) is 0 Å². The molecule has 1 atom stereocenters. The van der Waals surface area contributed by atoms with E-state index in [4.69, 9.17) is 0 Å². The normalized spacial score (nSPS) is 22.3. The Morgan fingerprint density at radius 2 is 1.53 bits per heavy atom. The summed E-state index contributed by atoms with van der Waals surface area (Å²) in [5.74, 6) is 0. The third-order valence-corrected chi connectivity index (χ3v) is 8.32. The second-order valence-corrected chi connectivity index (χ2v) is 9.32. The lowest BCUT2D eigenvalue weighted by molar-refractivity contribution is 1.34. The maximum atomic E-state index is 2.46. The van der Waals surface area contributed by atoms with E-state index in [2.05, 4.69) is 73.7 Å². The molecule has 0 radical (unpaired) electrons. The van der Waals surface area contributed by atoms with Crippen LogP contribution in [0.4, 0.5) is 0 Å². The van der Waals surface area contributed by atoms with Gasteiger partial charge in [-0.15, -0.1) is 0 Å². The van der Waals surface area contributed by atoms with E-state index < -0.39 is 7.26 Å². The van der Waals surface area contributed by atoms with Gasteiger partial charge in [0.05, 0.1) is 31.1 Å². The highest BCUT2D eigenvalue weighted by Crippen LogP contribution is 2.64. The van der Waals surface area contributed by atoms with Crippen LogP contribution in [0.15, 0.2) is 72.3 Å². The van der Waals surface area contributed by atoms with Crippen molar-refractivity contribution >= 4 is 12.6 Å². The summed E-state index contributed by atoms with van der Waals surface area (Å²) in [7, 11) is -1.07. The molecule has 96 valence electrons. The van der Waals surface area contributed by atoms with Gasteiger partial charge in [0.25, 0.3) is 0 Å². The van der Waals surface area contributed by atoms with Gasteiger partial charge in [0.1, 0.15) is 0 Å². The second kappa shape index (κ2) is 5.31. The smallest absolute Gasteiger partial charge is 0.0622 e. The molecule has 0 aliphatic carbocycles. The maximum Gasteiger partial charge on any atom is 0.0949 e. The molecule has 0 aromatic heterocycles. The third kappa shape index (κ3) is 2.65. The molecule has 2 aromatic rings. The lowest BCUT2D eigenvalue weighted by Gasteiger charge is -2.23. The van der Waals surface area contributed by atoms with Gasteiger partial charge >= 0.3 is 0 Å². The van der Waals surface area contributed by atoms with Crippen molar-refractivity contribution in [3.8, 4) is 0 Å². The van der Waals surface area contributed by atoms with Crippen molar-refractivity contribution in [1.29, 1.82) is 0 Å². The average molecular weight is 267 g/mol. The molecule has 3 rings (SSSR count). The summed E-state index contributed by atoms with van der Waals surface area (Å²) < 4.78 is 0. The zero-order valence-electron chi connectivity index (χ0n) is 11.4. The van der Waals surface area contributed by atoms with E-state index in [-0.39, 0.29) is 0 Å². The molecule has 0 N–H and O–H groups in total. The van der Waals surface area contributed by atoms with Crippen LogP contribution >= 0.6 is 7.26 Å². The first kappa shape index (κ1) is 12.6. The summed E-state index contributed by atoms with van der Waals surface area (Å²) >= 11 is 0. The van der Waals surface area contributed by atoms with Gasteiger partial charge in [0, 0.05) is 0 Å². The third-order valence-electron chi connectivity index (χ3n) is 3.97. The molecule has 1 aliphatic rings. The Morgan fingerprint density at radius 3 is 2.11 bits per heavy atom. The van der Waals surface area contributed by atoms with Crippen LogP contribution in [0.5, 0.6) is 0 Å². The van der Waals surface area contributed by atoms with Gasteiger partial charge in [-0.05, 0) is 36.3 Å². The molecule has 19 heavy (non-hydrogen) atoms. The average Bonchev–Trinajstić information content (AvgIpc) is 2.83. The van der Waals surface area contributed by atoms with E-state index >= 15 is 0 Å². The van der Waals surface area contributed by atoms with E-state index in [0.29, 0.717) is 0 Å². The van der Waals surface area contributed by atoms with E-state index in [9.17, 15) is 0 Å². The number of hydrogen-bond acceptors (Lipinski definition) is 0. The minimum atomic E-state index is -1.07. The topological polar surface area (TPSA) is 0 Å². The van der Waals surface area contributed by atoms with Crippen molar-refractivity contribution in [3.63, 3.8) is 0 Å². The summed E-state index contributed by atoms with van der Waals surface area (Å²) in [6.07, 6.45) is 6.28. The van der Waals surface area contributed by atoms with Gasteiger partial charge < -0.3 is 0 Å². The van der Waals surface area contributed by atoms with Crippen molar-refractivity contribution in [2.75, 3.05) is 12.3 Å².